The van der Waals surface area contributed by atoms with Crippen LogP contribution in [0.1, 0.15) is 12.0 Å². The van der Waals surface area contributed by atoms with E-state index in [4.69, 9.17) is 4.74 Å². The summed E-state index contributed by atoms with van der Waals surface area (Å²) in [5, 5.41) is 0. The van der Waals surface area contributed by atoms with Crippen molar-refractivity contribution in [3.8, 4) is 0 Å². The zero-order valence-corrected chi connectivity index (χ0v) is 10.8. The van der Waals surface area contributed by atoms with Gasteiger partial charge in [-0.2, -0.15) is 0 Å². The first-order chi connectivity index (χ1) is 9.06. The number of carbonyl (C=O) groups is 2. The maximum absolute atomic E-state index is 12.5. The molecule has 1 aliphatic rings. The van der Waals surface area contributed by atoms with Gasteiger partial charge in [-0.25, -0.2) is 4.79 Å². The molecular formula is C15H15NO3. The largest absolute Gasteiger partial charge is 0.440 e. The zero-order valence-electron chi connectivity index (χ0n) is 10.8. The predicted molar refractivity (Wildman–Crippen MR) is 72.6 cm³/mol. The molecule has 98 valence electrons. The smallest absolute Gasteiger partial charge is 0.331 e. The fourth-order valence-corrected chi connectivity index (χ4v) is 2.36. The first-order valence-electron chi connectivity index (χ1n) is 5.91. The van der Waals surface area contributed by atoms with Gasteiger partial charge in [0, 0.05) is 25.1 Å². The summed E-state index contributed by atoms with van der Waals surface area (Å²) in [5.41, 5.74) is 0.0991. The number of carbonyl (C=O) groups excluding carboxylic acids is 2. The van der Waals surface area contributed by atoms with Crippen LogP contribution in [0.3, 0.4) is 0 Å². The number of hydrogen-bond donors (Lipinski definition) is 0. The van der Waals surface area contributed by atoms with Gasteiger partial charge in [0.05, 0.1) is 5.69 Å². The molecule has 1 atom stereocenters. The third-order valence-electron chi connectivity index (χ3n) is 3.22. The number of nitrogens with zero attached hydrogens (tertiary/aromatic N) is 1. The highest BCUT2D eigenvalue weighted by molar-refractivity contribution is 6.08. The van der Waals surface area contributed by atoms with Gasteiger partial charge in [0.1, 0.15) is 0 Å². The van der Waals surface area contributed by atoms with Gasteiger partial charge >= 0.3 is 5.97 Å². The van der Waals surface area contributed by atoms with Crippen molar-refractivity contribution >= 4 is 17.6 Å². The van der Waals surface area contributed by atoms with E-state index in [2.05, 4.69) is 13.2 Å². The SMILES string of the molecule is C=CCC1(OC(=O)C=C)C(=O)N(C)c2ccccc21. The van der Waals surface area contributed by atoms with Crippen molar-refractivity contribution in [1.29, 1.82) is 0 Å². The van der Waals surface area contributed by atoms with E-state index >= 15 is 0 Å². The van der Waals surface area contributed by atoms with Gasteiger partial charge in [-0.15, -0.1) is 6.58 Å². The highest BCUT2D eigenvalue weighted by atomic mass is 16.6. The van der Waals surface area contributed by atoms with E-state index in [0.717, 1.165) is 11.8 Å². The van der Waals surface area contributed by atoms with Crippen molar-refractivity contribution in [3.63, 3.8) is 0 Å². The standard InChI is InChI=1S/C15H15NO3/c1-4-10-15(19-13(17)5-2)11-8-6-7-9-12(11)16(3)14(15)18/h4-9H,1-2,10H2,3H3. The number of ether oxygens (including phenoxy) is 1. The molecule has 0 saturated heterocycles. The lowest BCUT2D eigenvalue weighted by atomic mass is 9.91. The van der Waals surface area contributed by atoms with Crippen LogP contribution in [0.15, 0.2) is 49.6 Å². The van der Waals surface area contributed by atoms with E-state index in [1.807, 2.05) is 18.2 Å². The number of para-hydroxylation sites is 1. The quantitative estimate of drug-likeness (QED) is 0.472. The highest BCUT2D eigenvalue weighted by Gasteiger charge is 2.51. The lowest BCUT2D eigenvalue weighted by Gasteiger charge is -2.26. The first kappa shape index (κ1) is 13.1. The van der Waals surface area contributed by atoms with Crippen LogP contribution in [0.4, 0.5) is 5.69 Å². The van der Waals surface area contributed by atoms with E-state index < -0.39 is 11.6 Å². The number of amides is 1. The molecule has 0 saturated carbocycles. The molecule has 0 aromatic heterocycles. The van der Waals surface area contributed by atoms with E-state index in [-0.39, 0.29) is 12.3 Å². The third kappa shape index (κ3) is 1.85. The van der Waals surface area contributed by atoms with Gasteiger partial charge in [0.15, 0.2) is 0 Å². The number of likely N-dealkylation sites (N-methyl/N-ethyl adjacent to an activating group) is 1. The minimum atomic E-state index is -1.32. The Morgan fingerprint density at radius 3 is 2.74 bits per heavy atom. The molecule has 4 heteroatoms. The molecule has 2 rings (SSSR count). The van der Waals surface area contributed by atoms with Gasteiger partial charge in [0.2, 0.25) is 5.60 Å². The predicted octanol–water partition coefficient (Wildman–Crippen LogP) is 2.16. The molecule has 1 unspecified atom stereocenters. The Kier molecular flexibility index (Phi) is 3.25. The monoisotopic (exact) mass is 257 g/mol. The highest BCUT2D eigenvalue weighted by Crippen LogP contribution is 2.44. The molecule has 0 bridgehead atoms. The summed E-state index contributed by atoms with van der Waals surface area (Å²) in [6.45, 7) is 7.02. The maximum Gasteiger partial charge on any atom is 0.331 e. The molecule has 1 aliphatic heterocycles. The summed E-state index contributed by atoms with van der Waals surface area (Å²) < 4.78 is 5.38. The Morgan fingerprint density at radius 2 is 2.11 bits per heavy atom. The zero-order chi connectivity index (χ0) is 14.0. The van der Waals surface area contributed by atoms with Crippen LogP contribution in [-0.2, 0) is 19.9 Å². The van der Waals surface area contributed by atoms with E-state index in [0.29, 0.717) is 5.56 Å². The molecule has 4 nitrogen and oxygen atoms in total. The third-order valence-corrected chi connectivity index (χ3v) is 3.22. The number of hydrogen-bond acceptors (Lipinski definition) is 3. The van der Waals surface area contributed by atoms with Crippen LogP contribution >= 0.6 is 0 Å². The molecule has 1 amide bonds. The maximum atomic E-state index is 12.5. The van der Waals surface area contributed by atoms with E-state index in [9.17, 15) is 9.59 Å². The van der Waals surface area contributed by atoms with Crippen LogP contribution in [0.2, 0.25) is 0 Å². The Hall–Kier alpha value is -2.36. The second kappa shape index (κ2) is 4.72. The van der Waals surface area contributed by atoms with Gasteiger partial charge in [-0.05, 0) is 6.07 Å². The molecule has 0 radical (unpaired) electrons. The van der Waals surface area contributed by atoms with Crippen LogP contribution in [0.25, 0.3) is 0 Å². The fourth-order valence-electron chi connectivity index (χ4n) is 2.36. The molecule has 0 aliphatic carbocycles. The van der Waals surface area contributed by atoms with Gasteiger partial charge in [0.25, 0.3) is 5.91 Å². The van der Waals surface area contributed by atoms with Crippen molar-refractivity contribution in [2.24, 2.45) is 0 Å². The second-order valence-corrected chi connectivity index (χ2v) is 4.33. The fraction of sp³-hybridized carbons (Fsp3) is 0.200. The van der Waals surface area contributed by atoms with E-state index in [1.54, 1.807) is 19.2 Å². The van der Waals surface area contributed by atoms with Crippen molar-refractivity contribution < 1.29 is 14.3 Å². The number of anilines is 1. The van der Waals surface area contributed by atoms with Gasteiger partial charge in [-0.3, -0.25) is 4.79 Å². The van der Waals surface area contributed by atoms with Gasteiger partial charge < -0.3 is 9.64 Å². The number of benzene rings is 1. The summed E-state index contributed by atoms with van der Waals surface area (Å²) in [4.78, 5) is 25.6. The van der Waals surface area contributed by atoms with E-state index in [1.165, 1.54) is 4.90 Å². The topological polar surface area (TPSA) is 46.6 Å². The Labute approximate surface area is 112 Å². The molecule has 1 aromatic carbocycles. The molecule has 0 spiro atoms. The normalized spacial score (nSPS) is 20.9. The number of fused-ring (bicyclic) bond motifs is 1. The first-order valence-corrected chi connectivity index (χ1v) is 5.91. The van der Waals surface area contributed by atoms with Crippen LogP contribution in [-0.4, -0.2) is 18.9 Å². The molecule has 0 N–H and O–H groups in total. The summed E-state index contributed by atoms with van der Waals surface area (Å²) >= 11 is 0. The Bertz CT molecular complexity index is 564. The number of rotatable bonds is 4. The Morgan fingerprint density at radius 1 is 1.42 bits per heavy atom. The van der Waals surface area contributed by atoms with Gasteiger partial charge in [-0.1, -0.05) is 30.9 Å². The molecular weight excluding hydrogens is 242 g/mol. The van der Waals surface area contributed by atoms with Crippen molar-refractivity contribution in [2.75, 3.05) is 11.9 Å². The van der Waals surface area contributed by atoms with Crippen molar-refractivity contribution in [1.82, 2.24) is 0 Å². The average Bonchev–Trinajstić information content (AvgIpc) is 2.63. The number of esters is 1. The van der Waals surface area contributed by atoms with Crippen molar-refractivity contribution in [2.45, 2.75) is 12.0 Å². The summed E-state index contributed by atoms with van der Waals surface area (Å²) in [6, 6.07) is 7.25. The summed E-state index contributed by atoms with van der Waals surface area (Å²) in [5.74, 6) is -0.899. The van der Waals surface area contributed by atoms with Crippen LogP contribution in [0.5, 0.6) is 0 Å². The minimum Gasteiger partial charge on any atom is -0.440 e. The average molecular weight is 257 g/mol. The molecule has 1 heterocycles. The second-order valence-electron chi connectivity index (χ2n) is 4.33. The molecule has 0 fully saturated rings. The van der Waals surface area contributed by atoms with Crippen LogP contribution < -0.4 is 4.90 Å². The van der Waals surface area contributed by atoms with Crippen molar-refractivity contribution in [3.05, 3.63) is 55.1 Å². The molecule has 1 aromatic rings. The summed E-state index contributed by atoms with van der Waals surface area (Å²) in [6.07, 6.45) is 2.86. The Balaban J connectivity index is 2.59. The minimum absolute atomic E-state index is 0.229. The summed E-state index contributed by atoms with van der Waals surface area (Å²) in [7, 11) is 1.66. The lowest BCUT2D eigenvalue weighted by Crippen LogP contribution is -2.41. The lowest BCUT2D eigenvalue weighted by molar-refractivity contribution is -0.162. The van der Waals surface area contributed by atoms with Crippen LogP contribution in [0, 0.1) is 0 Å². The molecule has 19 heavy (non-hydrogen) atoms.